The first-order valence-corrected chi connectivity index (χ1v) is 5.10. The number of nitrogens with zero attached hydrogens (tertiary/aromatic N) is 1. The molecule has 0 aromatic rings. The van der Waals surface area contributed by atoms with Gasteiger partial charge in [-0.2, -0.15) is 0 Å². The summed E-state index contributed by atoms with van der Waals surface area (Å²) in [5, 5.41) is 2.82. The fourth-order valence-corrected chi connectivity index (χ4v) is 1.75. The SMILES string of the molecule is CC(=O)CC(C)N1CCCNC(=O)C1. The topological polar surface area (TPSA) is 49.4 Å². The van der Waals surface area contributed by atoms with Crippen LogP contribution in [0, 0.1) is 0 Å². The molecule has 0 spiro atoms. The Bertz CT molecular complexity index is 228. The van der Waals surface area contributed by atoms with Gasteiger partial charge in [0, 0.05) is 25.6 Å². The fraction of sp³-hybridized carbons (Fsp3) is 0.800. The van der Waals surface area contributed by atoms with Gasteiger partial charge in [-0.1, -0.05) is 0 Å². The van der Waals surface area contributed by atoms with Crippen molar-refractivity contribution >= 4 is 11.7 Å². The summed E-state index contributed by atoms with van der Waals surface area (Å²) in [5.74, 6) is 0.250. The van der Waals surface area contributed by atoms with E-state index in [4.69, 9.17) is 0 Å². The summed E-state index contributed by atoms with van der Waals surface area (Å²) in [6, 6.07) is 0.177. The van der Waals surface area contributed by atoms with Crippen LogP contribution in [0.5, 0.6) is 0 Å². The summed E-state index contributed by atoms with van der Waals surface area (Å²) in [7, 11) is 0. The van der Waals surface area contributed by atoms with Crippen LogP contribution in [0.15, 0.2) is 0 Å². The molecule has 0 saturated carbocycles. The third-order valence-corrected chi connectivity index (χ3v) is 2.50. The van der Waals surface area contributed by atoms with Crippen molar-refractivity contribution in [1.29, 1.82) is 0 Å². The van der Waals surface area contributed by atoms with E-state index in [2.05, 4.69) is 10.2 Å². The van der Waals surface area contributed by atoms with Gasteiger partial charge in [-0.15, -0.1) is 0 Å². The van der Waals surface area contributed by atoms with Gasteiger partial charge in [0.25, 0.3) is 0 Å². The first-order chi connectivity index (χ1) is 6.59. The number of ketones is 1. The van der Waals surface area contributed by atoms with Crippen molar-refractivity contribution in [3.05, 3.63) is 0 Å². The predicted molar refractivity (Wildman–Crippen MR) is 54.0 cm³/mol. The van der Waals surface area contributed by atoms with Crippen molar-refractivity contribution in [3.63, 3.8) is 0 Å². The molecule has 80 valence electrons. The van der Waals surface area contributed by atoms with Crippen molar-refractivity contribution in [3.8, 4) is 0 Å². The van der Waals surface area contributed by atoms with Gasteiger partial charge >= 0.3 is 0 Å². The molecular weight excluding hydrogens is 180 g/mol. The van der Waals surface area contributed by atoms with Gasteiger partial charge in [0.05, 0.1) is 6.54 Å². The van der Waals surface area contributed by atoms with Crippen molar-refractivity contribution in [2.24, 2.45) is 0 Å². The van der Waals surface area contributed by atoms with E-state index in [1.54, 1.807) is 6.92 Å². The lowest BCUT2D eigenvalue weighted by Crippen LogP contribution is -2.39. The molecule has 0 aromatic carbocycles. The van der Waals surface area contributed by atoms with E-state index >= 15 is 0 Å². The van der Waals surface area contributed by atoms with Crippen LogP contribution >= 0.6 is 0 Å². The molecular formula is C10H18N2O2. The lowest BCUT2D eigenvalue weighted by Gasteiger charge is -2.25. The van der Waals surface area contributed by atoms with Crippen molar-refractivity contribution < 1.29 is 9.59 Å². The van der Waals surface area contributed by atoms with Gasteiger partial charge in [0.2, 0.25) is 5.91 Å². The molecule has 1 aliphatic heterocycles. The second-order valence-corrected chi connectivity index (χ2v) is 3.93. The first kappa shape index (κ1) is 11.2. The Hall–Kier alpha value is -0.900. The molecule has 1 atom stereocenters. The molecule has 1 heterocycles. The van der Waals surface area contributed by atoms with E-state index in [0.717, 1.165) is 19.5 Å². The van der Waals surface area contributed by atoms with E-state index in [-0.39, 0.29) is 17.7 Å². The molecule has 14 heavy (non-hydrogen) atoms. The second-order valence-electron chi connectivity index (χ2n) is 3.93. The van der Waals surface area contributed by atoms with Crippen LogP contribution in [0.1, 0.15) is 26.7 Å². The summed E-state index contributed by atoms with van der Waals surface area (Å²) in [5.41, 5.74) is 0. The molecule has 0 radical (unpaired) electrons. The van der Waals surface area contributed by atoms with Crippen LogP contribution in [0.4, 0.5) is 0 Å². The molecule has 0 bridgehead atoms. The van der Waals surface area contributed by atoms with E-state index < -0.39 is 0 Å². The van der Waals surface area contributed by atoms with Gasteiger partial charge in [-0.25, -0.2) is 0 Å². The Morgan fingerprint density at radius 1 is 1.64 bits per heavy atom. The van der Waals surface area contributed by atoms with E-state index in [1.807, 2.05) is 6.92 Å². The Morgan fingerprint density at radius 3 is 3.00 bits per heavy atom. The lowest BCUT2D eigenvalue weighted by molar-refractivity contribution is -0.123. The maximum atomic E-state index is 11.2. The number of carbonyl (C=O) groups is 2. The highest BCUT2D eigenvalue weighted by Gasteiger charge is 2.20. The first-order valence-electron chi connectivity index (χ1n) is 5.10. The van der Waals surface area contributed by atoms with Gasteiger partial charge in [0.1, 0.15) is 5.78 Å². The zero-order valence-corrected chi connectivity index (χ0v) is 8.88. The monoisotopic (exact) mass is 198 g/mol. The van der Waals surface area contributed by atoms with Gasteiger partial charge in [0.15, 0.2) is 0 Å². The molecule has 1 fully saturated rings. The van der Waals surface area contributed by atoms with E-state index in [0.29, 0.717) is 13.0 Å². The highest BCUT2D eigenvalue weighted by molar-refractivity contribution is 5.79. The zero-order chi connectivity index (χ0) is 10.6. The Kier molecular flexibility index (Phi) is 4.07. The van der Waals surface area contributed by atoms with Crippen molar-refractivity contribution in [2.75, 3.05) is 19.6 Å². The van der Waals surface area contributed by atoms with Crippen LogP contribution in [-0.4, -0.2) is 42.3 Å². The summed E-state index contributed by atoms with van der Waals surface area (Å²) < 4.78 is 0. The molecule has 1 aliphatic rings. The minimum Gasteiger partial charge on any atom is -0.355 e. The largest absolute Gasteiger partial charge is 0.355 e. The third-order valence-electron chi connectivity index (χ3n) is 2.50. The minimum atomic E-state index is 0.0675. The maximum Gasteiger partial charge on any atom is 0.234 e. The van der Waals surface area contributed by atoms with Crippen LogP contribution < -0.4 is 5.32 Å². The van der Waals surface area contributed by atoms with Gasteiger partial charge in [-0.05, 0) is 20.3 Å². The summed E-state index contributed by atoms with van der Waals surface area (Å²) in [6.07, 6.45) is 1.50. The fourth-order valence-electron chi connectivity index (χ4n) is 1.75. The molecule has 0 aromatic heterocycles. The number of Topliss-reactive ketones (excluding diaryl/α,β-unsaturated/α-hetero) is 1. The third kappa shape index (κ3) is 3.46. The maximum absolute atomic E-state index is 11.2. The molecule has 1 saturated heterocycles. The average molecular weight is 198 g/mol. The van der Waals surface area contributed by atoms with Crippen LogP contribution in [0.3, 0.4) is 0 Å². The number of rotatable bonds is 3. The van der Waals surface area contributed by atoms with E-state index in [1.165, 1.54) is 0 Å². The Morgan fingerprint density at radius 2 is 2.36 bits per heavy atom. The van der Waals surface area contributed by atoms with Crippen molar-refractivity contribution in [2.45, 2.75) is 32.7 Å². The summed E-state index contributed by atoms with van der Waals surface area (Å²) in [6.45, 7) is 5.66. The number of nitrogens with one attached hydrogen (secondary N) is 1. The zero-order valence-electron chi connectivity index (χ0n) is 8.88. The number of hydrogen-bond acceptors (Lipinski definition) is 3. The summed E-state index contributed by atoms with van der Waals surface area (Å²) >= 11 is 0. The molecule has 0 aliphatic carbocycles. The standard InChI is InChI=1S/C10H18N2O2/c1-8(6-9(2)13)12-5-3-4-11-10(14)7-12/h8H,3-7H2,1-2H3,(H,11,14). The van der Waals surface area contributed by atoms with Crippen molar-refractivity contribution in [1.82, 2.24) is 10.2 Å². The molecule has 4 heteroatoms. The average Bonchev–Trinajstić information content (AvgIpc) is 2.28. The van der Waals surface area contributed by atoms with Crippen LogP contribution in [0.25, 0.3) is 0 Å². The summed E-state index contributed by atoms with van der Waals surface area (Å²) in [4.78, 5) is 24.3. The molecule has 4 nitrogen and oxygen atoms in total. The lowest BCUT2D eigenvalue weighted by atomic mass is 10.1. The quantitative estimate of drug-likeness (QED) is 0.703. The van der Waals surface area contributed by atoms with E-state index in [9.17, 15) is 9.59 Å². The smallest absolute Gasteiger partial charge is 0.234 e. The molecule has 1 rings (SSSR count). The second kappa shape index (κ2) is 5.10. The van der Waals surface area contributed by atoms with Crippen LogP contribution in [0.2, 0.25) is 0 Å². The number of amides is 1. The van der Waals surface area contributed by atoms with Crippen LogP contribution in [-0.2, 0) is 9.59 Å². The molecule has 1 amide bonds. The van der Waals surface area contributed by atoms with Gasteiger partial charge in [-0.3, -0.25) is 14.5 Å². The number of carbonyl (C=O) groups excluding carboxylic acids is 2. The Labute approximate surface area is 84.7 Å². The Balaban J connectivity index is 2.47. The molecule has 1 unspecified atom stereocenters. The predicted octanol–water partition coefficient (Wildman–Crippen LogP) is 0.176. The number of hydrogen-bond donors (Lipinski definition) is 1. The highest BCUT2D eigenvalue weighted by Crippen LogP contribution is 2.06. The molecule has 1 N–H and O–H groups in total. The minimum absolute atomic E-state index is 0.0675. The highest BCUT2D eigenvalue weighted by atomic mass is 16.2. The normalized spacial score (nSPS) is 21.1. The van der Waals surface area contributed by atoms with Gasteiger partial charge < -0.3 is 5.32 Å².